The van der Waals surface area contributed by atoms with E-state index in [1.165, 1.54) is 5.56 Å². The molecule has 3 nitrogen and oxygen atoms in total. The van der Waals surface area contributed by atoms with E-state index in [0.29, 0.717) is 5.92 Å². The molecule has 1 aromatic rings. The quantitative estimate of drug-likeness (QED) is 0.574. The van der Waals surface area contributed by atoms with Gasteiger partial charge in [-0.15, -0.1) is 0 Å². The van der Waals surface area contributed by atoms with Gasteiger partial charge in [0.05, 0.1) is 6.61 Å². The van der Waals surface area contributed by atoms with Crippen LogP contribution in [0.4, 0.5) is 11.4 Å². The van der Waals surface area contributed by atoms with Crippen LogP contribution >= 0.6 is 0 Å². The zero-order chi connectivity index (χ0) is 12.0. The molecule has 0 heterocycles. The first kappa shape index (κ1) is 12.8. The molecule has 0 radical (unpaired) electrons. The Morgan fingerprint density at radius 1 is 1.31 bits per heavy atom. The van der Waals surface area contributed by atoms with Gasteiger partial charge in [-0.25, -0.2) is 0 Å². The molecule has 0 aromatic heterocycles. The fourth-order valence-electron chi connectivity index (χ4n) is 1.50. The topological polar surface area (TPSA) is 47.3 Å². The second-order valence-electron chi connectivity index (χ2n) is 4.53. The normalized spacial score (nSPS) is 10.8. The largest absolute Gasteiger partial charge is 0.399 e. The zero-order valence-corrected chi connectivity index (χ0v) is 10.4. The lowest BCUT2D eigenvalue weighted by Gasteiger charge is -2.10. The van der Waals surface area contributed by atoms with Crippen molar-refractivity contribution in [2.75, 3.05) is 30.8 Å². The van der Waals surface area contributed by atoms with Gasteiger partial charge < -0.3 is 15.8 Å². The van der Waals surface area contributed by atoms with Crippen LogP contribution in [0.15, 0.2) is 18.2 Å². The Labute approximate surface area is 98.0 Å². The van der Waals surface area contributed by atoms with Crippen LogP contribution in [0.2, 0.25) is 0 Å². The summed E-state index contributed by atoms with van der Waals surface area (Å²) in [6.45, 7) is 8.69. The Balaban J connectivity index is 2.26. The van der Waals surface area contributed by atoms with Crippen molar-refractivity contribution in [3.8, 4) is 0 Å². The molecule has 0 fully saturated rings. The molecule has 16 heavy (non-hydrogen) atoms. The number of anilines is 2. The van der Waals surface area contributed by atoms with Crippen molar-refractivity contribution in [2.45, 2.75) is 20.8 Å². The summed E-state index contributed by atoms with van der Waals surface area (Å²) in [5, 5.41) is 3.30. The summed E-state index contributed by atoms with van der Waals surface area (Å²) in [4.78, 5) is 0. The first-order valence-electron chi connectivity index (χ1n) is 5.76. The van der Waals surface area contributed by atoms with Crippen LogP contribution < -0.4 is 11.1 Å². The second kappa shape index (κ2) is 6.38. The molecule has 0 bridgehead atoms. The van der Waals surface area contributed by atoms with Crippen LogP contribution in [0.3, 0.4) is 0 Å². The van der Waals surface area contributed by atoms with Crippen LogP contribution in [0.5, 0.6) is 0 Å². The lowest BCUT2D eigenvalue weighted by Crippen LogP contribution is -2.12. The fourth-order valence-corrected chi connectivity index (χ4v) is 1.50. The second-order valence-corrected chi connectivity index (χ2v) is 4.53. The first-order valence-corrected chi connectivity index (χ1v) is 5.76. The molecule has 0 aliphatic carbocycles. The molecule has 0 saturated carbocycles. The standard InChI is InChI=1S/C13H22N2O/c1-10(2)9-16-5-4-15-13-7-11(3)6-12(14)8-13/h6-8,10,15H,4-5,9,14H2,1-3H3. The van der Waals surface area contributed by atoms with Gasteiger partial charge in [0.1, 0.15) is 0 Å². The SMILES string of the molecule is Cc1cc(N)cc(NCCOCC(C)C)c1. The first-order chi connectivity index (χ1) is 7.58. The van der Waals surface area contributed by atoms with Crippen LogP contribution in [0.25, 0.3) is 0 Å². The number of nitrogens with two attached hydrogens (primary N) is 1. The maximum absolute atomic E-state index is 5.76. The number of aryl methyl sites for hydroxylation is 1. The highest BCUT2D eigenvalue weighted by Gasteiger charge is 1.96. The van der Waals surface area contributed by atoms with Crippen molar-refractivity contribution in [3.63, 3.8) is 0 Å². The highest BCUT2D eigenvalue weighted by atomic mass is 16.5. The van der Waals surface area contributed by atoms with E-state index in [-0.39, 0.29) is 0 Å². The molecular weight excluding hydrogens is 200 g/mol. The lowest BCUT2D eigenvalue weighted by atomic mass is 10.2. The van der Waals surface area contributed by atoms with Crippen molar-refractivity contribution >= 4 is 11.4 Å². The lowest BCUT2D eigenvalue weighted by molar-refractivity contribution is 0.118. The van der Waals surface area contributed by atoms with Gasteiger partial charge in [0.25, 0.3) is 0 Å². The zero-order valence-electron chi connectivity index (χ0n) is 10.4. The van der Waals surface area contributed by atoms with E-state index in [0.717, 1.165) is 31.1 Å². The predicted molar refractivity (Wildman–Crippen MR) is 69.7 cm³/mol. The summed E-state index contributed by atoms with van der Waals surface area (Å²) in [7, 11) is 0. The number of ether oxygens (including phenoxy) is 1. The molecule has 0 unspecified atom stereocenters. The molecule has 1 aromatic carbocycles. The van der Waals surface area contributed by atoms with Gasteiger partial charge in [-0.3, -0.25) is 0 Å². The van der Waals surface area contributed by atoms with E-state index in [1.807, 2.05) is 19.1 Å². The number of hydrogen-bond donors (Lipinski definition) is 2. The maximum Gasteiger partial charge on any atom is 0.0639 e. The van der Waals surface area contributed by atoms with Crippen LogP contribution in [-0.4, -0.2) is 19.8 Å². The minimum atomic E-state index is 0.592. The Morgan fingerprint density at radius 3 is 2.69 bits per heavy atom. The number of nitrogen functional groups attached to an aromatic ring is 1. The minimum absolute atomic E-state index is 0.592. The summed E-state index contributed by atoms with van der Waals surface area (Å²) in [6, 6.07) is 5.98. The van der Waals surface area contributed by atoms with E-state index in [1.54, 1.807) is 0 Å². The van der Waals surface area contributed by atoms with Gasteiger partial charge in [0, 0.05) is 24.5 Å². The monoisotopic (exact) mass is 222 g/mol. The van der Waals surface area contributed by atoms with Gasteiger partial charge in [0.15, 0.2) is 0 Å². The minimum Gasteiger partial charge on any atom is -0.399 e. The maximum atomic E-state index is 5.76. The number of hydrogen-bond acceptors (Lipinski definition) is 3. The van der Waals surface area contributed by atoms with Gasteiger partial charge in [-0.2, -0.15) is 0 Å². The average Bonchev–Trinajstić information content (AvgIpc) is 2.15. The van der Waals surface area contributed by atoms with E-state index >= 15 is 0 Å². The van der Waals surface area contributed by atoms with E-state index in [2.05, 4.69) is 25.2 Å². The third-order valence-corrected chi connectivity index (χ3v) is 2.13. The molecule has 1 rings (SSSR count). The van der Waals surface area contributed by atoms with Gasteiger partial charge in [0.2, 0.25) is 0 Å². The molecular formula is C13H22N2O. The Bertz CT molecular complexity index is 303. The Hall–Kier alpha value is -1.22. The summed E-state index contributed by atoms with van der Waals surface area (Å²) < 4.78 is 5.48. The number of rotatable bonds is 6. The third-order valence-electron chi connectivity index (χ3n) is 2.13. The van der Waals surface area contributed by atoms with Crippen molar-refractivity contribution < 1.29 is 4.74 Å². The van der Waals surface area contributed by atoms with Gasteiger partial charge in [-0.05, 0) is 36.6 Å². The molecule has 0 saturated heterocycles. The summed E-state index contributed by atoms with van der Waals surface area (Å²) in [6.07, 6.45) is 0. The molecule has 0 atom stereocenters. The fraction of sp³-hybridized carbons (Fsp3) is 0.538. The Kier molecular flexibility index (Phi) is 5.12. The smallest absolute Gasteiger partial charge is 0.0639 e. The highest BCUT2D eigenvalue weighted by molar-refractivity contribution is 5.56. The molecule has 90 valence electrons. The molecule has 3 N–H and O–H groups in total. The molecule has 0 amide bonds. The summed E-state index contributed by atoms with van der Waals surface area (Å²) in [5.74, 6) is 0.592. The van der Waals surface area contributed by atoms with Crippen molar-refractivity contribution in [3.05, 3.63) is 23.8 Å². The van der Waals surface area contributed by atoms with Crippen LogP contribution in [-0.2, 0) is 4.74 Å². The van der Waals surface area contributed by atoms with E-state index < -0.39 is 0 Å². The van der Waals surface area contributed by atoms with Crippen LogP contribution in [0, 0.1) is 12.8 Å². The molecule has 0 spiro atoms. The van der Waals surface area contributed by atoms with Crippen molar-refractivity contribution in [2.24, 2.45) is 5.92 Å². The number of benzene rings is 1. The Morgan fingerprint density at radius 2 is 2.06 bits per heavy atom. The molecule has 0 aliphatic rings. The van der Waals surface area contributed by atoms with Crippen molar-refractivity contribution in [1.29, 1.82) is 0 Å². The van der Waals surface area contributed by atoms with Crippen molar-refractivity contribution in [1.82, 2.24) is 0 Å². The van der Waals surface area contributed by atoms with E-state index in [9.17, 15) is 0 Å². The van der Waals surface area contributed by atoms with Crippen LogP contribution in [0.1, 0.15) is 19.4 Å². The average molecular weight is 222 g/mol. The molecule has 3 heteroatoms. The van der Waals surface area contributed by atoms with Gasteiger partial charge >= 0.3 is 0 Å². The summed E-state index contributed by atoms with van der Waals surface area (Å²) in [5.41, 5.74) is 8.79. The third kappa shape index (κ3) is 5.03. The number of nitrogens with one attached hydrogen (secondary N) is 1. The van der Waals surface area contributed by atoms with E-state index in [4.69, 9.17) is 10.5 Å². The van der Waals surface area contributed by atoms with Gasteiger partial charge in [-0.1, -0.05) is 13.8 Å². The molecule has 0 aliphatic heterocycles. The predicted octanol–water partition coefficient (Wildman–Crippen LogP) is 2.66. The highest BCUT2D eigenvalue weighted by Crippen LogP contribution is 2.15. The summed E-state index contributed by atoms with van der Waals surface area (Å²) >= 11 is 0.